The number of pyridine rings is 1. The van der Waals surface area contributed by atoms with Crippen molar-refractivity contribution < 1.29 is 18.0 Å². The van der Waals surface area contributed by atoms with Gasteiger partial charge >= 0.3 is 6.18 Å². The van der Waals surface area contributed by atoms with Crippen molar-refractivity contribution in [1.29, 1.82) is 0 Å². The number of hydrogen-bond acceptors (Lipinski definition) is 6. The Morgan fingerprint density at radius 1 is 1.03 bits per heavy atom. The summed E-state index contributed by atoms with van der Waals surface area (Å²) in [5, 5.41) is 6.35. The molecule has 5 aromatic rings. The highest BCUT2D eigenvalue weighted by Crippen LogP contribution is 2.32. The van der Waals surface area contributed by atoms with Crippen LogP contribution in [0.4, 0.5) is 30.5 Å². The second-order valence-corrected chi connectivity index (χ2v) is 8.67. The van der Waals surface area contributed by atoms with Gasteiger partial charge in [-0.25, -0.2) is 15.0 Å². The van der Waals surface area contributed by atoms with Crippen molar-refractivity contribution in [3.05, 3.63) is 95.6 Å². The molecule has 8 nitrogen and oxygen atoms in total. The van der Waals surface area contributed by atoms with E-state index >= 15 is 0 Å². The highest BCUT2D eigenvalue weighted by molar-refractivity contribution is 6.07. The molecule has 5 rings (SSSR count). The number of nitrogens with two attached hydrogens (primary N) is 1. The number of aryl methyl sites for hydroxylation is 1. The number of fused-ring (bicyclic) bond motifs is 1. The molecule has 0 atom stereocenters. The maximum atomic E-state index is 13.4. The van der Waals surface area contributed by atoms with E-state index in [1.165, 1.54) is 6.33 Å². The van der Waals surface area contributed by atoms with Gasteiger partial charge in [-0.15, -0.1) is 0 Å². The number of carbonyl (C=O) groups is 1. The average Bonchev–Trinajstić information content (AvgIpc) is 3.34. The van der Waals surface area contributed by atoms with Gasteiger partial charge in [-0.3, -0.25) is 4.79 Å². The number of amides is 1. The molecule has 0 radical (unpaired) electrons. The predicted molar refractivity (Wildman–Crippen MR) is 139 cm³/mol. The molecule has 192 valence electrons. The van der Waals surface area contributed by atoms with E-state index in [1.807, 2.05) is 31.2 Å². The van der Waals surface area contributed by atoms with Crippen molar-refractivity contribution in [2.75, 3.05) is 16.4 Å². The first-order valence-corrected chi connectivity index (χ1v) is 11.5. The first kappa shape index (κ1) is 24.8. The van der Waals surface area contributed by atoms with Crippen LogP contribution in [0, 0.1) is 6.92 Å². The Balaban J connectivity index is 1.37. The Labute approximate surface area is 215 Å². The van der Waals surface area contributed by atoms with E-state index in [0.29, 0.717) is 23.3 Å². The van der Waals surface area contributed by atoms with Gasteiger partial charge in [0.1, 0.15) is 23.6 Å². The maximum absolute atomic E-state index is 13.4. The third-order valence-corrected chi connectivity index (χ3v) is 5.99. The molecule has 0 spiro atoms. The van der Waals surface area contributed by atoms with Crippen LogP contribution in [-0.2, 0) is 12.7 Å². The second kappa shape index (κ2) is 9.85. The van der Waals surface area contributed by atoms with Crippen LogP contribution >= 0.6 is 0 Å². The molecule has 0 fully saturated rings. The Bertz CT molecular complexity index is 1610. The molecule has 38 heavy (non-hydrogen) atoms. The SMILES string of the molecule is Cc1ccc(NC(=O)c2cc(C(F)(F)F)cnc2NCc2ccc(-c3c[nH]c4ncnc(N)c34)cc2)cc1. The molecule has 0 bridgehead atoms. The zero-order valence-corrected chi connectivity index (χ0v) is 20.1. The van der Waals surface area contributed by atoms with Crippen LogP contribution in [0.25, 0.3) is 22.2 Å². The molecular weight excluding hydrogens is 495 g/mol. The average molecular weight is 518 g/mol. The van der Waals surface area contributed by atoms with Gasteiger partial charge in [-0.05, 0) is 36.2 Å². The normalized spacial score (nSPS) is 11.5. The molecule has 0 saturated carbocycles. The van der Waals surface area contributed by atoms with Crippen LogP contribution in [0.5, 0.6) is 0 Å². The number of rotatable bonds is 6. The van der Waals surface area contributed by atoms with E-state index < -0.39 is 17.6 Å². The summed E-state index contributed by atoms with van der Waals surface area (Å²) in [6.07, 6.45) is -0.750. The van der Waals surface area contributed by atoms with Crippen LogP contribution in [0.1, 0.15) is 27.0 Å². The topological polar surface area (TPSA) is 122 Å². The van der Waals surface area contributed by atoms with Crippen molar-refractivity contribution in [1.82, 2.24) is 19.9 Å². The number of alkyl halides is 3. The van der Waals surface area contributed by atoms with Crippen molar-refractivity contribution in [2.45, 2.75) is 19.6 Å². The number of nitrogen functional groups attached to an aromatic ring is 1. The van der Waals surface area contributed by atoms with Gasteiger partial charge < -0.3 is 21.4 Å². The number of nitrogens with one attached hydrogen (secondary N) is 3. The van der Waals surface area contributed by atoms with Gasteiger partial charge in [-0.2, -0.15) is 13.2 Å². The molecule has 0 aliphatic rings. The first-order valence-electron chi connectivity index (χ1n) is 11.5. The number of halogens is 3. The Morgan fingerprint density at radius 3 is 2.47 bits per heavy atom. The lowest BCUT2D eigenvalue weighted by molar-refractivity contribution is -0.137. The summed E-state index contributed by atoms with van der Waals surface area (Å²) < 4.78 is 40.1. The van der Waals surface area contributed by atoms with Gasteiger partial charge in [0.25, 0.3) is 5.91 Å². The maximum Gasteiger partial charge on any atom is 0.417 e. The van der Waals surface area contributed by atoms with E-state index in [1.54, 1.807) is 30.5 Å². The number of carbonyl (C=O) groups excluding carboxylic acids is 1. The van der Waals surface area contributed by atoms with Gasteiger partial charge in [0.05, 0.1) is 16.5 Å². The highest BCUT2D eigenvalue weighted by Gasteiger charge is 2.32. The number of aromatic amines is 1. The Kier molecular flexibility index (Phi) is 6.41. The van der Waals surface area contributed by atoms with Crippen LogP contribution < -0.4 is 16.4 Å². The monoisotopic (exact) mass is 517 g/mol. The molecule has 0 aliphatic heterocycles. The Hall–Kier alpha value is -4.93. The molecular formula is C27H22F3N7O. The fourth-order valence-corrected chi connectivity index (χ4v) is 3.97. The summed E-state index contributed by atoms with van der Waals surface area (Å²) in [6, 6.07) is 15.2. The number of anilines is 3. The fraction of sp³-hybridized carbons (Fsp3) is 0.111. The number of nitrogens with zero attached hydrogens (tertiary/aromatic N) is 3. The second-order valence-electron chi connectivity index (χ2n) is 8.67. The summed E-state index contributed by atoms with van der Waals surface area (Å²) in [4.78, 5) is 28.1. The van der Waals surface area contributed by atoms with E-state index in [-0.39, 0.29) is 17.9 Å². The molecule has 3 heterocycles. The highest BCUT2D eigenvalue weighted by atomic mass is 19.4. The molecule has 1 amide bonds. The molecule has 0 saturated heterocycles. The minimum Gasteiger partial charge on any atom is -0.383 e. The van der Waals surface area contributed by atoms with Crippen molar-refractivity contribution in [3.8, 4) is 11.1 Å². The van der Waals surface area contributed by atoms with Crippen LogP contribution in [0.2, 0.25) is 0 Å². The lowest BCUT2D eigenvalue weighted by Crippen LogP contribution is -2.18. The lowest BCUT2D eigenvalue weighted by atomic mass is 10.0. The molecule has 2 aromatic carbocycles. The predicted octanol–water partition coefficient (Wildman–Crippen LogP) is 5.79. The summed E-state index contributed by atoms with van der Waals surface area (Å²) in [6.45, 7) is 2.11. The van der Waals surface area contributed by atoms with Crippen LogP contribution in [-0.4, -0.2) is 25.8 Å². The van der Waals surface area contributed by atoms with Gasteiger partial charge in [-0.1, -0.05) is 42.0 Å². The quantitative estimate of drug-likeness (QED) is 0.226. The van der Waals surface area contributed by atoms with E-state index in [4.69, 9.17) is 5.73 Å². The summed E-state index contributed by atoms with van der Waals surface area (Å²) in [5.74, 6) is -0.306. The fourth-order valence-electron chi connectivity index (χ4n) is 3.97. The lowest BCUT2D eigenvalue weighted by Gasteiger charge is -2.14. The third-order valence-electron chi connectivity index (χ3n) is 5.99. The number of H-pyrrole nitrogens is 1. The third kappa shape index (κ3) is 5.12. The summed E-state index contributed by atoms with van der Waals surface area (Å²) in [7, 11) is 0. The number of hydrogen-bond donors (Lipinski definition) is 4. The zero-order chi connectivity index (χ0) is 26.9. The largest absolute Gasteiger partial charge is 0.417 e. The zero-order valence-electron chi connectivity index (χ0n) is 20.1. The van der Waals surface area contributed by atoms with Crippen LogP contribution in [0.3, 0.4) is 0 Å². The van der Waals surface area contributed by atoms with Crippen LogP contribution in [0.15, 0.2) is 73.3 Å². The molecule has 0 aliphatic carbocycles. The van der Waals surface area contributed by atoms with Gasteiger partial charge in [0.2, 0.25) is 0 Å². The van der Waals surface area contributed by atoms with E-state index in [0.717, 1.165) is 33.7 Å². The minimum absolute atomic E-state index is 0.0354. The number of aromatic nitrogens is 4. The smallest absolute Gasteiger partial charge is 0.383 e. The minimum atomic E-state index is -4.64. The van der Waals surface area contributed by atoms with Crippen molar-refractivity contribution in [2.24, 2.45) is 0 Å². The molecule has 5 N–H and O–H groups in total. The van der Waals surface area contributed by atoms with E-state index in [2.05, 4.69) is 30.6 Å². The standard InChI is InChI=1S/C27H22F3N7O/c1-15-2-8-19(9-3-15)37-26(38)20-10-18(27(28,29)30)12-33-24(20)32-11-16-4-6-17(7-5-16)21-13-34-25-22(21)23(31)35-14-36-25/h2-10,12-14H,11H2,1H3,(H,32,33)(H,37,38)(H3,31,34,35,36). The molecule has 0 unspecified atom stereocenters. The number of benzene rings is 2. The molecule has 3 aromatic heterocycles. The van der Waals surface area contributed by atoms with Crippen molar-refractivity contribution in [3.63, 3.8) is 0 Å². The molecule has 11 heteroatoms. The van der Waals surface area contributed by atoms with Crippen molar-refractivity contribution >= 4 is 34.3 Å². The Morgan fingerprint density at radius 2 is 1.76 bits per heavy atom. The van der Waals surface area contributed by atoms with Gasteiger partial charge in [0, 0.05) is 30.2 Å². The first-order chi connectivity index (χ1) is 18.2. The van der Waals surface area contributed by atoms with Gasteiger partial charge in [0.15, 0.2) is 0 Å². The van der Waals surface area contributed by atoms with E-state index in [9.17, 15) is 18.0 Å². The summed E-state index contributed by atoms with van der Waals surface area (Å²) in [5.41, 5.74) is 9.42. The summed E-state index contributed by atoms with van der Waals surface area (Å²) >= 11 is 0.